The van der Waals surface area contributed by atoms with E-state index in [4.69, 9.17) is 10.5 Å². The van der Waals surface area contributed by atoms with Crippen LogP contribution in [0.5, 0.6) is 0 Å². The second-order valence-corrected chi connectivity index (χ2v) is 5.85. The van der Waals surface area contributed by atoms with E-state index in [1.807, 2.05) is 0 Å². The quantitative estimate of drug-likeness (QED) is 0.579. The van der Waals surface area contributed by atoms with E-state index in [-0.39, 0.29) is 5.54 Å². The van der Waals surface area contributed by atoms with Gasteiger partial charge in [0.1, 0.15) is 0 Å². The molecule has 110 valence electrons. The molecule has 0 spiro atoms. The van der Waals surface area contributed by atoms with E-state index in [9.17, 15) is 0 Å². The maximum absolute atomic E-state index is 5.97. The van der Waals surface area contributed by atoms with Gasteiger partial charge in [-0.15, -0.1) is 0 Å². The molecule has 0 aliphatic carbocycles. The Morgan fingerprint density at radius 2 is 1.89 bits per heavy atom. The molecule has 0 aromatic rings. The number of nitrogens with two attached hydrogens (primary N) is 1. The second-order valence-electron chi connectivity index (χ2n) is 5.85. The smallest absolute Gasteiger partial charge is 0.0597 e. The van der Waals surface area contributed by atoms with Gasteiger partial charge in [-0.3, -0.25) is 4.90 Å². The molecule has 0 fully saturated rings. The fourth-order valence-corrected chi connectivity index (χ4v) is 2.08. The highest BCUT2D eigenvalue weighted by molar-refractivity contribution is 4.85. The van der Waals surface area contributed by atoms with Crippen LogP contribution in [0, 0.1) is 0 Å². The van der Waals surface area contributed by atoms with Gasteiger partial charge in [-0.25, -0.2) is 0 Å². The summed E-state index contributed by atoms with van der Waals surface area (Å²) in [4.78, 5) is 2.36. The van der Waals surface area contributed by atoms with Crippen LogP contribution in [0.3, 0.4) is 0 Å². The number of rotatable bonds is 11. The van der Waals surface area contributed by atoms with Crippen LogP contribution in [0.25, 0.3) is 0 Å². The van der Waals surface area contributed by atoms with E-state index in [0.29, 0.717) is 6.10 Å². The van der Waals surface area contributed by atoms with Crippen molar-refractivity contribution in [2.24, 2.45) is 5.73 Å². The standard InChI is InChI=1S/C15H34N2O/c1-6-7-8-9-10-15(4,13-16)17(5)11-12-18-14(2)3/h14H,6-13,16H2,1-5H3. The summed E-state index contributed by atoms with van der Waals surface area (Å²) < 4.78 is 5.61. The molecule has 0 bridgehead atoms. The molecule has 0 amide bonds. The molecule has 0 saturated heterocycles. The van der Waals surface area contributed by atoms with Gasteiger partial charge in [-0.2, -0.15) is 0 Å². The Labute approximate surface area is 114 Å². The predicted molar refractivity (Wildman–Crippen MR) is 79.9 cm³/mol. The summed E-state index contributed by atoms with van der Waals surface area (Å²) in [5, 5.41) is 0. The first kappa shape index (κ1) is 17.9. The number of ether oxygens (including phenoxy) is 1. The van der Waals surface area contributed by atoms with Gasteiger partial charge >= 0.3 is 0 Å². The van der Waals surface area contributed by atoms with Gasteiger partial charge < -0.3 is 10.5 Å². The summed E-state index contributed by atoms with van der Waals surface area (Å²) in [5.41, 5.74) is 6.09. The number of hydrogen-bond donors (Lipinski definition) is 1. The normalized spacial score (nSPS) is 15.3. The Kier molecular flexibility index (Phi) is 9.70. The minimum Gasteiger partial charge on any atom is -0.377 e. The summed E-state index contributed by atoms with van der Waals surface area (Å²) >= 11 is 0. The first-order valence-corrected chi connectivity index (χ1v) is 7.49. The molecule has 1 unspecified atom stereocenters. The van der Waals surface area contributed by atoms with Crippen LogP contribution < -0.4 is 5.73 Å². The van der Waals surface area contributed by atoms with E-state index < -0.39 is 0 Å². The summed E-state index contributed by atoms with van der Waals surface area (Å²) in [5.74, 6) is 0. The Morgan fingerprint density at radius 3 is 2.39 bits per heavy atom. The van der Waals surface area contributed by atoms with Crippen molar-refractivity contribution >= 4 is 0 Å². The molecule has 0 heterocycles. The van der Waals surface area contributed by atoms with Crippen molar-refractivity contribution < 1.29 is 4.74 Å². The van der Waals surface area contributed by atoms with Crippen molar-refractivity contribution in [3.8, 4) is 0 Å². The zero-order valence-electron chi connectivity index (χ0n) is 13.2. The number of nitrogens with zero attached hydrogens (tertiary/aromatic N) is 1. The van der Waals surface area contributed by atoms with Crippen molar-refractivity contribution in [3.63, 3.8) is 0 Å². The third kappa shape index (κ3) is 7.34. The predicted octanol–water partition coefficient (Wildman–Crippen LogP) is 3.03. The Bertz CT molecular complexity index is 197. The Balaban J connectivity index is 4.00. The third-order valence-corrected chi connectivity index (χ3v) is 3.81. The van der Waals surface area contributed by atoms with Gasteiger partial charge in [0.2, 0.25) is 0 Å². The molecule has 2 N–H and O–H groups in total. The highest BCUT2D eigenvalue weighted by atomic mass is 16.5. The van der Waals surface area contributed by atoms with Gasteiger partial charge in [0, 0.05) is 18.6 Å². The van der Waals surface area contributed by atoms with Crippen molar-refractivity contribution in [1.29, 1.82) is 0 Å². The van der Waals surface area contributed by atoms with Crippen LogP contribution in [0.15, 0.2) is 0 Å². The first-order valence-electron chi connectivity index (χ1n) is 7.49. The van der Waals surface area contributed by atoms with Gasteiger partial charge in [0.05, 0.1) is 12.7 Å². The molecule has 1 atom stereocenters. The first-order chi connectivity index (χ1) is 8.46. The minimum absolute atomic E-state index is 0.119. The summed E-state index contributed by atoms with van der Waals surface area (Å²) in [6.45, 7) is 11.1. The van der Waals surface area contributed by atoms with Crippen molar-refractivity contribution in [2.75, 3.05) is 26.7 Å². The third-order valence-electron chi connectivity index (χ3n) is 3.81. The highest BCUT2D eigenvalue weighted by Gasteiger charge is 2.26. The van der Waals surface area contributed by atoms with Crippen molar-refractivity contribution in [1.82, 2.24) is 4.90 Å². The molecule has 0 aromatic carbocycles. The molecular formula is C15H34N2O. The highest BCUT2D eigenvalue weighted by Crippen LogP contribution is 2.20. The molecule has 0 radical (unpaired) electrons. The minimum atomic E-state index is 0.119. The zero-order valence-corrected chi connectivity index (χ0v) is 13.2. The lowest BCUT2D eigenvalue weighted by atomic mass is 9.92. The lowest BCUT2D eigenvalue weighted by Gasteiger charge is -2.38. The van der Waals surface area contributed by atoms with Crippen LogP contribution >= 0.6 is 0 Å². The average molecular weight is 258 g/mol. The maximum atomic E-state index is 5.97. The number of unbranched alkanes of at least 4 members (excludes halogenated alkanes) is 3. The molecular weight excluding hydrogens is 224 g/mol. The summed E-state index contributed by atoms with van der Waals surface area (Å²) in [6, 6.07) is 0. The van der Waals surface area contributed by atoms with E-state index in [2.05, 4.69) is 39.6 Å². The number of hydrogen-bond acceptors (Lipinski definition) is 3. The van der Waals surface area contributed by atoms with Crippen LogP contribution in [0.4, 0.5) is 0 Å². The van der Waals surface area contributed by atoms with E-state index in [1.54, 1.807) is 0 Å². The summed E-state index contributed by atoms with van der Waals surface area (Å²) in [6.07, 6.45) is 6.71. The van der Waals surface area contributed by atoms with Gasteiger partial charge in [-0.05, 0) is 34.2 Å². The lowest BCUT2D eigenvalue weighted by molar-refractivity contribution is 0.0365. The Morgan fingerprint density at radius 1 is 1.22 bits per heavy atom. The number of likely N-dealkylation sites (N-methyl/N-ethyl adjacent to an activating group) is 1. The van der Waals surface area contributed by atoms with Gasteiger partial charge in [0.25, 0.3) is 0 Å². The zero-order chi connectivity index (χ0) is 14.0. The topological polar surface area (TPSA) is 38.5 Å². The lowest BCUT2D eigenvalue weighted by Crippen LogP contribution is -2.50. The second kappa shape index (κ2) is 9.76. The SMILES string of the molecule is CCCCCCC(C)(CN)N(C)CCOC(C)C. The molecule has 3 heteroatoms. The Hall–Kier alpha value is -0.120. The van der Waals surface area contributed by atoms with Crippen molar-refractivity contribution in [3.05, 3.63) is 0 Å². The molecule has 0 aliphatic rings. The molecule has 0 saturated carbocycles. The van der Waals surface area contributed by atoms with Gasteiger partial charge in [0.15, 0.2) is 0 Å². The van der Waals surface area contributed by atoms with Crippen LogP contribution in [0.2, 0.25) is 0 Å². The molecule has 18 heavy (non-hydrogen) atoms. The van der Waals surface area contributed by atoms with Crippen LogP contribution in [-0.2, 0) is 4.74 Å². The monoisotopic (exact) mass is 258 g/mol. The molecule has 0 aromatic heterocycles. The van der Waals surface area contributed by atoms with Crippen LogP contribution in [-0.4, -0.2) is 43.3 Å². The summed E-state index contributed by atoms with van der Waals surface area (Å²) in [7, 11) is 2.16. The fourth-order valence-electron chi connectivity index (χ4n) is 2.08. The molecule has 3 nitrogen and oxygen atoms in total. The van der Waals surface area contributed by atoms with E-state index >= 15 is 0 Å². The molecule has 0 aliphatic heterocycles. The molecule has 0 rings (SSSR count). The largest absolute Gasteiger partial charge is 0.377 e. The fraction of sp³-hybridized carbons (Fsp3) is 1.00. The maximum Gasteiger partial charge on any atom is 0.0597 e. The van der Waals surface area contributed by atoms with E-state index in [1.165, 1.54) is 32.1 Å². The van der Waals surface area contributed by atoms with Crippen molar-refractivity contribution in [2.45, 2.75) is 71.4 Å². The van der Waals surface area contributed by atoms with E-state index in [0.717, 1.165) is 19.7 Å². The van der Waals surface area contributed by atoms with Crippen LogP contribution in [0.1, 0.15) is 59.8 Å². The van der Waals surface area contributed by atoms with Gasteiger partial charge in [-0.1, -0.05) is 32.6 Å². The average Bonchev–Trinajstić information content (AvgIpc) is 2.33.